The van der Waals surface area contributed by atoms with E-state index in [0.717, 1.165) is 12.8 Å². The van der Waals surface area contributed by atoms with E-state index >= 15 is 0 Å². The van der Waals surface area contributed by atoms with Gasteiger partial charge >= 0.3 is 0 Å². The lowest BCUT2D eigenvalue weighted by atomic mass is 9.93. The minimum Gasteiger partial charge on any atom is -0.394 e. The van der Waals surface area contributed by atoms with Crippen LogP contribution < -0.4 is 5.73 Å². The summed E-state index contributed by atoms with van der Waals surface area (Å²) < 4.78 is 0. The molecule has 0 heterocycles. The topological polar surface area (TPSA) is 66.5 Å². The van der Waals surface area contributed by atoms with Gasteiger partial charge in [0.25, 0.3) is 0 Å². The van der Waals surface area contributed by atoms with E-state index in [9.17, 15) is 0 Å². The summed E-state index contributed by atoms with van der Waals surface area (Å²) in [6, 6.07) is 8.58. The zero-order valence-electron chi connectivity index (χ0n) is 11.9. The third kappa shape index (κ3) is 5.72. The highest BCUT2D eigenvalue weighted by atomic mass is 16.3. The molecule has 0 aliphatic heterocycles. The predicted molar refractivity (Wildman–Crippen MR) is 79.1 cm³/mol. The Hall–Kier alpha value is -0.900. The number of unbranched alkanes of at least 4 members (excludes halogenated alkanes) is 2. The molecule has 0 aliphatic rings. The monoisotopic (exact) mass is 265 g/mol. The van der Waals surface area contributed by atoms with Gasteiger partial charge in [0.1, 0.15) is 0 Å². The average molecular weight is 265 g/mol. The first-order valence-corrected chi connectivity index (χ1v) is 7.22. The van der Waals surface area contributed by atoms with Crippen molar-refractivity contribution >= 4 is 0 Å². The fraction of sp³-hybridized carbons (Fsp3) is 0.625. The minimum atomic E-state index is -0.861. The van der Waals surface area contributed by atoms with Gasteiger partial charge in [-0.05, 0) is 36.8 Å². The molecule has 0 unspecified atom stereocenters. The molecule has 0 saturated heterocycles. The van der Waals surface area contributed by atoms with Gasteiger partial charge in [-0.25, -0.2) is 0 Å². The molecule has 19 heavy (non-hydrogen) atoms. The Labute approximate surface area is 116 Å². The van der Waals surface area contributed by atoms with Crippen molar-refractivity contribution in [2.24, 2.45) is 5.73 Å². The number of aliphatic hydroxyl groups excluding tert-OH is 2. The van der Waals surface area contributed by atoms with E-state index in [-0.39, 0.29) is 13.2 Å². The van der Waals surface area contributed by atoms with Gasteiger partial charge in [-0.2, -0.15) is 0 Å². The van der Waals surface area contributed by atoms with E-state index in [4.69, 9.17) is 15.9 Å². The summed E-state index contributed by atoms with van der Waals surface area (Å²) in [6.45, 7) is 1.85. The number of rotatable bonds is 9. The lowest BCUT2D eigenvalue weighted by Gasteiger charge is -2.24. The van der Waals surface area contributed by atoms with E-state index in [1.165, 1.54) is 30.4 Å². The van der Waals surface area contributed by atoms with Crippen LogP contribution in [0.4, 0.5) is 0 Å². The molecule has 0 aromatic heterocycles. The van der Waals surface area contributed by atoms with Crippen molar-refractivity contribution in [3.8, 4) is 0 Å². The number of aryl methyl sites for hydroxylation is 2. The maximum Gasteiger partial charge on any atom is 0.0633 e. The third-order valence-electron chi connectivity index (χ3n) is 3.63. The molecule has 0 spiro atoms. The molecule has 1 aromatic carbocycles. The van der Waals surface area contributed by atoms with Gasteiger partial charge in [0.15, 0.2) is 0 Å². The lowest BCUT2D eigenvalue weighted by Crippen LogP contribution is -2.47. The van der Waals surface area contributed by atoms with Gasteiger partial charge in [0.05, 0.1) is 18.8 Å². The predicted octanol–water partition coefficient (Wildman–Crippen LogP) is 2.03. The Bertz CT molecular complexity index is 344. The van der Waals surface area contributed by atoms with Crippen LogP contribution in [0.3, 0.4) is 0 Å². The molecule has 3 nitrogen and oxygen atoms in total. The molecule has 0 radical (unpaired) electrons. The molecule has 0 atom stereocenters. The van der Waals surface area contributed by atoms with Gasteiger partial charge < -0.3 is 15.9 Å². The summed E-state index contributed by atoms with van der Waals surface area (Å²) in [5.74, 6) is 0. The first-order valence-electron chi connectivity index (χ1n) is 7.22. The second kappa shape index (κ2) is 8.31. The third-order valence-corrected chi connectivity index (χ3v) is 3.63. The van der Waals surface area contributed by atoms with Crippen LogP contribution in [-0.4, -0.2) is 29.0 Å². The molecule has 0 saturated carbocycles. The van der Waals surface area contributed by atoms with E-state index < -0.39 is 5.54 Å². The molecular formula is C16H27NO2. The maximum atomic E-state index is 9.14. The van der Waals surface area contributed by atoms with E-state index in [0.29, 0.717) is 6.42 Å². The summed E-state index contributed by atoms with van der Waals surface area (Å²) in [5, 5.41) is 18.3. The SMILES string of the molecule is CCCCCc1ccc(CCC(N)(CO)CO)cc1. The van der Waals surface area contributed by atoms with Crippen LogP contribution in [0.15, 0.2) is 24.3 Å². The number of benzene rings is 1. The minimum absolute atomic E-state index is 0.182. The summed E-state index contributed by atoms with van der Waals surface area (Å²) in [7, 11) is 0. The molecular weight excluding hydrogens is 238 g/mol. The highest BCUT2D eigenvalue weighted by molar-refractivity contribution is 5.23. The first kappa shape index (κ1) is 16.2. The van der Waals surface area contributed by atoms with E-state index in [1.807, 2.05) is 0 Å². The van der Waals surface area contributed by atoms with Gasteiger partial charge in [-0.1, -0.05) is 44.0 Å². The zero-order valence-corrected chi connectivity index (χ0v) is 11.9. The number of hydrogen-bond donors (Lipinski definition) is 3. The number of nitrogens with two attached hydrogens (primary N) is 1. The van der Waals surface area contributed by atoms with Crippen LogP contribution in [0, 0.1) is 0 Å². The van der Waals surface area contributed by atoms with Crippen molar-refractivity contribution in [3.05, 3.63) is 35.4 Å². The summed E-state index contributed by atoms with van der Waals surface area (Å²) in [6.07, 6.45) is 6.30. The Morgan fingerprint density at radius 1 is 0.947 bits per heavy atom. The normalized spacial score (nSPS) is 11.8. The first-order chi connectivity index (χ1) is 9.13. The van der Waals surface area contributed by atoms with Crippen LogP contribution in [0.1, 0.15) is 43.7 Å². The molecule has 1 rings (SSSR count). The fourth-order valence-corrected chi connectivity index (χ4v) is 2.05. The van der Waals surface area contributed by atoms with E-state index in [2.05, 4.69) is 31.2 Å². The molecule has 0 aliphatic carbocycles. The summed E-state index contributed by atoms with van der Waals surface area (Å²) in [5.41, 5.74) is 7.57. The highest BCUT2D eigenvalue weighted by Crippen LogP contribution is 2.14. The van der Waals surface area contributed by atoms with Gasteiger partial charge in [-0.3, -0.25) is 0 Å². The molecule has 0 bridgehead atoms. The number of hydrogen-bond acceptors (Lipinski definition) is 3. The van der Waals surface area contributed by atoms with Crippen molar-refractivity contribution in [2.45, 2.75) is 51.0 Å². The smallest absolute Gasteiger partial charge is 0.0633 e. The largest absolute Gasteiger partial charge is 0.394 e. The molecule has 0 amide bonds. The Kier molecular flexibility index (Phi) is 7.06. The summed E-state index contributed by atoms with van der Waals surface area (Å²) in [4.78, 5) is 0. The van der Waals surface area contributed by atoms with Crippen LogP contribution >= 0.6 is 0 Å². The zero-order chi connectivity index (χ0) is 14.1. The van der Waals surface area contributed by atoms with Gasteiger partial charge in [-0.15, -0.1) is 0 Å². The van der Waals surface area contributed by atoms with Crippen LogP contribution in [0.25, 0.3) is 0 Å². The van der Waals surface area contributed by atoms with Crippen LogP contribution in [0.2, 0.25) is 0 Å². The fourth-order valence-electron chi connectivity index (χ4n) is 2.05. The van der Waals surface area contributed by atoms with E-state index in [1.54, 1.807) is 0 Å². The van der Waals surface area contributed by atoms with Crippen LogP contribution in [0.5, 0.6) is 0 Å². The standard InChI is InChI=1S/C16H27NO2/c1-2-3-4-5-14-6-8-15(9-7-14)10-11-16(17,12-18)13-19/h6-9,18-19H,2-5,10-13,17H2,1H3. The molecule has 3 heteroatoms. The Balaban J connectivity index is 2.43. The van der Waals surface area contributed by atoms with Crippen molar-refractivity contribution in [1.82, 2.24) is 0 Å². The van der Waals surface area contributed by atoms with Crippen molar-refractivity contribution in [1.29, 1.82) is 0 Å². The molecule has 1 aromatic rings. The Morgan fingerprint density at radius 3 is 1.95 bits per heavy atom. The highest BCUT2D eigenvalue weighted by Gasteiger charge is 2.22. The van der Waals surface area contributed by atoms with Crippen molar-refractivity contribution in [3.63, 3.8) is 0 Å². The van der Waals surface area contributed by atoms with Gasteiger partial charge in [0.2, 0.25) is 0 Å². The van der Waals surface area contributed by atoms with Crippen molar-refractivity contribution < 1.29 is 10.2 Å². The average Bonchev–Trinajstić information content (AvgIpc) is 2.46. The number of aliphatic hydroxyl groups is 2. The molecule has 4 N–H and O–H groups in total. The van der Waals surface area contributed by atoms with Crippen LogP contribution in [-0.2, 0) is 12.8 Å². The summed E-state index contributed by atoms with van der Waals surface area (Å²) >= 11 is 0. The second-order valence-corrected chi connectivity index (χ2v) is 5.45. The quantitative estimate of drug-likeness (QED) is 0.599. The van der Waals surface area contributed by atoms with Gasteiger partial charge in [0, 0.05) is 0 Å². The molecule has 108 valence electrons. The Morgan fingerprint density at radius 2 is 1.47 bits per heavy atom. The van der Waals surface area contributed by atoms with Crippen molar-refractivity contribution in [2.75, 3.05) is 13.2 Å². The second-order valence-electron chi connectivity index (χ2n) is 5.45. The molecule has 0 fully saturated rings. The maximum absolute atomic E-state index is 9.14. The lowest BCUT2D eigenvalue weighted by molar-refractivity contribution is 0.115.